The number of anilines is 1. The lowest BCUT2D eigenvalue weighted by molar-refractivity contribution is 0.0696. The highest BCUT2D eigenvalue weighted by molar-refractivity contribution is 5.90. The zero-order chi connectivity index (χ0) is 18.6. The number of amides is 1. The van der Waals surface area contributed by atoms with Gasteiger partial charge in [-0.3, -0.25) is 9.78 Å². The monoisotopic (exact) mass is 365 g/mol. The Morgan fingerprint density at radius 3 is 2.56 bits per heavy atom. The summed E-state index contributed by atoms with van der Waals surface area (Å²) in [5, 5.41) is 3.89. The number of methoxy groups -OCH3 is 1. The van der Waals surface area contributed by atoms with Crippen LogP contribution in [0.4, 0.5) is 5.69 Å². The number of aromatic nitrogens is 3. The quantitative estimate of drug-likeness (QED) is 0.700. The molecule has 0 unspecified atom stereocenters. The van der Waals surface area contributed by atoms with E-state index in [-0.39, 0.29) is 11.8 Å². The van der Waals surface area contributed by atoms with E-state index in [2.05, 4.69) is 20.0 Å². The van der Waals surface area contributed by atoms with Gasteiger partial charge in [-0.2, -0.15) is 4.98 Å². The van der Waals surface area contributed by atoms with Crippen molar-refractivity contribution in [2.75, 3.05) is 38.2 Å². The van der Waals surface area contributed by atoms with Crippen LogP contribution in [-0.4, -0.2) is 59.2 Å². The average Bonchev–Trinajstić information content (AvgIpc) is 3.24. The van der Waals surface area contributed by atoms with Gasteiger partial charge in [0.15, 0.2) is 0 Å². The molecule has 0 saturated carbocycles. The second kappa shape index (κ2) is 7.45. The molecule has 0 bridgehead atoms. The minimum Gasteiger partial charge on any atom is -0.497 e. The molecule has 0 radical (unpaired) electrons. The predicted molar refractivity (Wildman–Crippen MR) is 98.6 cm³/mol. The summed E-state index contributed by atoms with van der Waals surface area (Å²) in [7, 11) is 1.65. The third-order valence-corrected chi connectivity index (χ3v) is 4.53. The molecule has 138 valence electrons. The summed E-state index contributed by atoms with van der Waals surface area (Å²) in [6, 6.07) is 11.5. The summed E-state index contributed by atoms with van der Waals surface area (Å²) in [4.78, 5) is 24.9. The van der Waals surface area contributed by atoms with Crippen molar-refractivity contribution in [2.45, 2.75) is 0 Å². The van der Waals surface area contributed by atoms with Gasteiger partial charge in [0, 0.05) is 49.8 Å². The summed E-state index contributed by atoms with van der Waals surface area (Å²) in [6.07, 6.45) is 3.30. The van der Waals surface area contributed by atoms with Crippen LogP contribution in [-0.2, 0) is 0 Å². The second-order valence-corrected chi connectivity index (χ2v) is 6.14. The van der Waals surface area contributed by atoms with Gasteiger partial charge in [0.2, 0.25) is 5.82 Å². The molecule has 3 aromatic rings. The number of benzene rings is 1. The lowest BCUT2D eigenvalue weighted by atomic mass is 10.2. The summed E-state index contributed by atoms with van der Waals surface area (Å²) < 4.78 is 10.4. The maximum Gasteiger partial charge on any atom is 0.316 e. The zero-order valence-corrected chi connectivity index (χ0v) is 14.9. The topological polar surface area (TPSA) is 84.6 Å². The Labute approximate surface area is 156 Å². The first-order chi connectivity index (χ1) is 13.2. The van der Waals surface area contributed by atoms with Gasteiger partial charge in [-0.25, -0.2) is 0 Å². The molecule has 27 heavy (non-hydrogen) atoms. The van der Waals surface area contributed by atoms with Gasteiger partial charge in [-0.15, -0.1) is 0 Å². The van der Waals surface area contributed by atoms with E-state index in [1.54, 1.807) is 30.5 Å². The van der Waals surface area contributed by atoms with Gasteiger partial charge in [-0.1, -0.05) is 5.16 Å². The van der Waals surface area contributed by atoms with Gasteiger partial charge in [0.1, 0.15) is 5.75 Å². The molecule has 8 heteroatoms. The molecule has 0 N–H and O–H groups in total. The van der Waals surface area contributed by atoms with E-state index in [0.717, 1.165) is 24.5 Å². The Morgan fingerprint density at radius 1 is 1.11 bits per heavy atom. The van der Waals surface area contributed by atoms with Gasteiger partial charge in [0.05, 0.1) is 7.11 Å². The van der Waals surface area contributed by atoms with Gasteiger partial charge >= 0.3 is 11.8 Å². The van der Waals surface area contributed by atoms with Crippen molar-refractivity contribution in [1.82, 2.24) is 20.0 Å². The number of hydrogen-bond donors (Lipinski definition) is 0. The molecule has 1 aliphatic heterocycles. The molecule has 0 spiro atoms. The summed E-state index contributed by atoms with van der Waals surface area (Å²) >= 11 is 0. The molecule has 1 fully saturated rings. The summed E-state index contributed by atoms with van der Waals surface area (Å²) in [5.41, 5.74) is 1.82. The molecule has 0 atom stereocenters. The molecule has 1 amide bonds. The Morgan fingerprint density at radius 2 is 1.89 bits per heavy atom. The normalized spacial score (nSPS) is 14.3. The van der Waals surface area contributed by atoms with Crippen molar-refractivity contribution in [3.8, 4) is 17.1 Å². The van der Waals surface area contributed by atoms with Crippen LogP contribution in [0.2, 0.25) is 0 Å². The maximum absolute atomic E-state index is 12.7. The van der Waals surface area contributed by atoms with Crippen LogP contribution in [0.25, 0.3) is 11.4 Å². The number of ether oxygens (including phenoxy) is 1. The molecule has 8 nitrogen and oxygen atoms in total. The van der Waals surface area contributed by atoms with E-state index >= 15 is 0 Å². The van der Waals surface area contributed by atoms with Crippen molar-refractivity contribution in [3.05, 3.63) is 54.7 Å². The third-order valence-electron chi connectivity index (χ3n) is 4.53. The molecule has 0 aliphatic carbocycles. The molecule has 1 aliphatic rings. The molecule has 4 rings (SSSR count). The minimum atomic E-state index is -0.243. The fourth-order valence-corrected chi connectivity index (χ4v) is 3.02. The van der Waals surface area contributed by atoms with E-state index in [9.17, 15) is 4.79 Å². The number of carbonyl (C=O) groups is 1. The zero-order valence-electron chi connectivity index (χ0n) is 14.9. The van der Waals surface area contributed by atoms with Crippen LogP contribution in [0, 0.1) is 0 Å². The van der Waals surface area contributed by atoms with E-state index in [1.165, 1.54) is 0 Å². The fraction of sp³-hybridized carbons (Fsp3) is 0.263. The van der Waals surface area contributed by atoms with Gasteiger partial charge in [0.25, 0.3) is 0 Å². The van der Waals surface area contributed by atoms with Crippen LogP contribution in [0.1, 0.15) is 10.7 Å². The molecular formula is C19H19N5O3. The number of piperazine rings is 1. The van der Waals surface area contributed by atoms with Crippen LogP contribution < -0.4 is 9.64 Å². The van der Waals surface area contributed by atoms with Crippen LogP contribution in [0.5, 0.6) is 5.75 Å². The van der Waals surface area contributed by atoms with E-state index < -0.39 is 0 Å². The Kier molecular flexibility index (Phi) is 4.69. The first-order valence-corrected chi connectivity index (χ1v) is 8.67. The number of rotatable bonds is 4. The smallest absolute Gasteiger partial charge is 0.316 e. The standard InChI is InChI=1S/C19H19N5O3/c1-26-16-6-4-15(5-7-16)23-9-11-24(12-10-23)19(25)18-21-17(22-27-18)14-3-2-8-20-13-14/h2-8,13H,9-12H2,1H3. The van der Waals surface area contributed by atoms with E-state index in [0.29, 0.717) is 24.5 Å². The van der Waals surface area contributed by atoms with Crippen molar-refractivity contribution >= 4 is 11.6 Å². The largest absolute Gasteiger partial charge is 0.497 e. The second-order valence-electron chi connectivity index (χ2n) is 6.14. The predicted octanol–water partition coefficient (Wildman–Crippen LogP) is 2.10. The Bertz CT molecular complexity index is 903. The van der Waals surface area contributed by atoms with Gasteiger partial charge < -0.3 is 19.1 Å². The number of pyridine rings is 1. The number of carbonyl (C=O) groups excluding carboxylic acids is 1. The lowest BCUT2D eigenvalue weighted by Gasteiger charge is -2.35. The number of hydrogen-bond acceptors (Lipinski definition) is 7. The Balaban J connectivity index is 1.39. The molecule has 1 aromatic carbocycles. The van der Waals surface area contributed by atoms with E-state index in [1.807, 2.05) is 30.3 Å². The van der Waals surface area contributed by atoms with Crippen molar-refractivity contribution in [2.24, 2.45) is 0 Å². The van der Waals surface area contributed by atoms with Crippen LogP contribution in [0.3, 0.4) is 0 Å². The highest BCUT2D eigenvalue weighted by Crippen LogP contribution is 2.21. The molecular weight excluding hydrogens is 346 g/mol. The lowest BCUT2D eigenvalue weighted by Crippen LogP contribution is -2.48. The van der Waals surface area contributed by atoms with Crippen molar-refractivity contribution < 1.29 is 14.1 Å². The fourth-order valence-electron chi connectivity index (χ4n) is 3.02. The first-order valence-electron chi connectivity index (χ1n) is 8.67. The minimum absolute atomic E-state index is 0.00625. The van der Waals surface area contributed by atoms with Crippen molar-refractivity contribution in [3.63, 3.8) is 0 Å². The maximum atomic E-state index is 12.7. The highest BCUT2D eigenvalue weighted by Gasteiger charge is 2.26. The first kappa shape index (κ1) is 17.0. The number of nitrogens with zero attached hydrogens (tertiary/aromatic N) is 5. The average molecular weight is 365 g/mol. The molecule has 3 heterocycles. The SMILES string of the molecule is COc1ccc(N2CCN(C(=O)c3nc(-c4cccnc4)no3)CC2)cc1. The van der Waals surface area contributed by atoms with Crippen LogP contribution in [0.15, 0.2) is 53.3 Å². The molecule has 2 aromatic heterocycles. The van der Waals surface area contributed by atoms with Gasteiger partial charge in [-0.05, 0) is 36.4 Å². The van der Waals surface area contributed by atoms with Crippen molar-refractivity contribution in [1.29, 1.82) is 0 Å². The summed E-state index contributed by atoms with van der Waals surface area (Å²) in [5.74, 6) is 0.954. The summed E-state index contributed by atoms with van der Waals surface area (Å²) in [6.45, 7) is 2.66. The van der Waals surface area contributed by atoms with Crippen LogP contribution >= 0.6 is 0 Å². The van der Waals surface area contributed by atoms with E-state index in [4.69, 9.17) is 9.26 Å². The molecule has 1 saturated heterocycles. The highest BCUT2D eigenvalue weighted by atomic mass is 16.5. The Hall–Kier alpha value is -3.42. The third kappa shape index (κ3) is 3.59.